The second kappa shape index (κ2) is 71.1. The zero-order chi connectivity index (χ0) is 59.9. The summed E-state index contributed by atoms with van der Waals surface area (Å²) in [6, 6.07) is 0. The third kappa shape index (κ3) is 69.3. The number of carbonyl (C=O) groups excluding carboxylic acids is 3. The van der Waals surface area contributed by atoms with Crippen molar-refractivity contribution >= 4 is 17.9 Å². The first kappa shape index (κ1) is 79.6. The van der Waals surface area contributed by atoms with E-state index in [1.54, 1.807) is 0 Å². The number of unbranched alkanes of at least 4 members (excludes halogenated alkanes) is 41. The van der Waals surface area contributed by atoms with Crippen molar-refractivity contribution in [3.63, 3.8) is 0 Å². The van der Waals surface area contributed by atoms with Crippen LogP contribution in [0.25, 0.3) is 0 Å². The molecule has 1 unspecified atom stereocenters. The smallest absolute Gasteiger partial charge is 0.306 e. The third-order valence-electron chi connectivity index (χ3n) is 15.8. The van der Waals surface area contributed by atoms with Gasteiger partial charge in [-0.2, -0.15) is 0 Å². The number of ether oxygens (including phenoxy) is 3. The lowest BCUT2D eigenvalue weighted by molar-refractivity contribution is -0.167. The molecule has 0 aromatic heterocycles. The van der Waals surface area contributed by atoms with Crippen molar-refractivity contribution in [1.29, 1.82) is 0 Å². The van der Waals surface area contributed by atoms with E-state index in [1.165, 1.54) is 244 Å². The molecule has 0 bridgehead atoms. The van der Waals surface area contributed by atoms with E-state index in [-0.39, 0.29) is 31.1 Å². The lowest BCUT2D eigenvalue weighted by atomic mass is 10.0. The maximum atomic E-state index is 13.0. The average Bonchev–Trinajstić information content (AvgIpc) is 3.49. The van der Waals surface area contributed by atoms with Crippen molar-refractivity contribution in [3.8, 4) is 0 Å². The highest BCUT2D eigenvalue weighted by atomic mass is 16.6. The van der Waals surface area contributed by atoms with Crippen LogP contribution in [0.2, 0.25) is 0 Å². The average molecular weight is 1160 g/mol. The molecule has 83 heavy (non-hydrogen) atoms. The van der Waals surface area contributed by atoms with Crippen LogP contribution in [-0.2, 0) is 28.6 Å². The fourth-order valence-electron chi connectivity index (χ4n) is 10.4. The molecule has 0 fully saturated rings. The zero-order valence-corrected chi connectivity index (χ0v) is 55.2. The Morgan fingerprint density at radius 3 is 0.699 bits per heavy atom. The van der Waals surface area contributed by atoms with Crippen LogP contribution in [0.15, 0.2) is 85.1 Å². The molecule has 0 aromatic rings. The molecule has 6 nitrogen and oxygen atoms in total. The van der Waals surface area contributed by atoms with Crippen LogP contribution in [-0.4, -0.2) is 37.2 Å². The number of hydrogen-bond donors (Lipinski definition) is 0. The highest BCUT2D eigenvalue weighted by Gasteiger charge is 2.19. The van der Waals surface area contributed by atoms with Gasteiger partial charge in [-0.3, -0.25) is 14.4 Å². The Hall–Kier alpha value is -3.41. The minimum atomic E-state index is -0.785. The molecule has 0 spiro atoms. The van der Waals surface area contributed by atoms with Crippen LogP contribution in [0.4, 0.5) is 0 Å². The Bertz CT molecular complexity index is 1570. The molecule has 0 saturated carbocycles. The predicted molar refractivity (Wildman–Crippen MR) is 362 cm³/mol. The van der Waals surface area contributed by atoms with Gasteiger partial charge in [0.25, 0.3) is 0 Å². The number of hydrogen-bond acceptors (Lipinski definition) is 6. The zero-order valence-electron chi connectivity index (χ0n) is 55.2. The van der Waals surface area contributed by atoms with E-state index < -0.39 is 6.10 Å². The number of carbonyl (C=O) groups is 3. The Morgan fingerprint density at radius 2 is 0.434 bits per heavy atom. The molecular weight excluding hydrogens is 1020 g/mol. The second-order valence-electron chi connectivity index (χ2n) is 24.1. The first-order chi connectivity index (χ1) is 41.0. The molecular formula is C77H136O6. The molecule has 0 N–H and O–H groups in total. The summed E-state index contributed by atoms with van der Waals surface area (Å²) >= 11 is 0. The summed E-state index contributed by atoms with van der Waals surface area (Å²) in [5, 5.41) is 0. The van der Waals surface area contributed by atoms with Gasteiger partial charge in [0.05, 0.1) is 0 Å². The molecule has 480 valence electrons. The number of esters is 3. The maximum absolute atomic E-state index is 13.0. The molecule has 1 atom stereocenters. The van der Waals surface area contributed by atoms with Crippen LogP contribution < -0.4 is 0 Å². The van der Waals surface area contributed by atoms with E-state index >= 15 is 0 Å². The maximum Gasteiger partial charge on any atom is 0.306 e. The van der Waals surface area contributed by atoms with Crippen LogP contribution in [0.3, 0.4) is 0 Å². The molecule has 0 saturated heterocycles. The van der Waals surface area contributed by atoms with Crippen molar-refractivity contribution < 1.29 is 28.6 Å². The lowest BCUT2D eigenvalue weighted by Crippen LogP contribution is -2.30. The van der Waals surface area contributed by atoms with Gasteiger partial charge in [-0.05, 0) is 122 Å². The van der Waals surface area contributed by atoms with Crippen molar-refractivity contribution in [2.45, 2.75) is 374 Å². The monoisotopic (exact) mass is 1160 g/mol. The van der Waals surface area contributed by atoms with Crippen LogP contribution in [0, 0.1) is 0 Å². The Labute approximate surface area is 515 Å². The van der Waals surface area contributed by atoms with E-state index in [1.807, 2.05) is 0 Å². The number of allylic oxidation sites excluding steroid dienone is 14. The summed E-state index contributed by atoms with van der Waals surface area (Å²) in [4.78, 5) is 38.5. The Balaban J connectivity index is 4.37. The summed E-state index contributed by atoms with van der Waals surface area (Å²) in [6.45, 7) is 6.63. The van der Waals surface area contributed by atoms with E-state index in [9.17, 15) is 14.4 Å². The first-order valence-electron chi connectivity index (χ1n) is 36.1. The summed E-state index contributed by atoms with van der Waals surface area (Å²) in [5.74, 6) is -0.873. The molecule has 0 aliphatic carbocycles. The molecule has 0 radical (unpaired) electrons. The van der Waals surface area contributed by atoms with Gasteiger partial charge in [0.2, 0.25) is 0 Å². The molecule has 6 heteroatoms. The van der Waals surface area contributed by atoms with Crippen molar-refractivity contribution in [2.75, 3.05) is 13.2 Å². The molecule has 0 heterocycles. The van der Waals surface area contributed by atoms with Crippen molar-refractivity contribution in [1.82, 2.24) is 0 Å². The van der Waals surface area contributed by atoms with Gasteiger partial charge in [-0.25, -0.2) is 0 Å². The summed E-state index contributed by atoms with van der Waals surface area (Å²) in [7, 11) is 0. The van der Waals surface area contributed by atoms with Gasteiger partial charge in [0.1, 0.15) is 13.2 Å². The fraction of sp³-hybridized carbons (Fsp3) is 0.779. The van der Waals surface area contributed by atoms with Crippen molar-refractivity contribution in [3.05, 3.63) is 85.1 Å². The van der Waals surface area contributed by atoms with Crippen LogP contribution in [0.5, 0.6) is 0 Å². The van der Waals surface area contributed by atoms with Crippen LogP contribution >= 0.6 is 0 Å². The van der Waals surface area contributed by atoms with Crippen molar-refractivity contribution in [2.24, 2.45) is 0 Å². The van der Waals surface area contributed by atoms with E-state index in [0.29, 0.717) is 19.3 Å². The van der Waals surface area contributed by atoms with Gasteiger partial charge in [-0.1, -0.05) is 311 Å². The standard InChI is InChI=1S/C77H136O6/c1-4-7-10-13-16-19-22-25-28-31-34-36-37-38-39-41-43-46-49-52-55-58-61-64-67-70-76(79)82-73-74(72-81-75(78)69-66-63-60-57-54-51-48-45-42-33-30-27-24-21-18-15-12-9-6-3)83-77(80)71-68-65-62-59-56-53-50-47-44-40-35-32-29-26-23-20-17-14-11-8-5-2/h18,21-23,25-27,30-32,34-35,37-38,74H,4-17,19-20,24,28-29,33,36,39-73H2,1-3H3/b21-18-,25-22-,26-23-,30-27-,34-31-,35-32-,38-37-. The van der Waals surface area contributed by atoms with Gasteiger partial charge >= 0.3 is 17.9 Å². The highest BCUT2D eigenvalue weighted by molar-refractivity contribution is 5.71. The second-order valence-corrected chi connectivity index (χ2v) is 24.1. The summed E-state index contributed by atoms with van der Waals surface area (Å²) < 4.78 is 17.0. The van der Waals surface area contributed by atoms with Gasteiger partial charge in [-0.15, -0.1) is 0 Å². The van der Waals surface area contributed by atoms with Gasteiger partial charge < -0.3 is 14.2 Å². The minimum Gasteiger partial charge on any atom is -0.462 e. The first-order valence-corrected chi connectivity index (χ1v) is 36.1. The predicted octanol–water partition coefficient (Wildman–Crippen LogP) is 25.0. The Kier molecular flexibility index (Phi) is 68.2. The number of rotatable bonds is 66. The minimum absolute atomic E-state index is 0.0799. The largest absolute Gasteiger partial charge is 0.462 e. The molecule has 0 aromatic carbocycles. The Morgan fingerprint density at radius 1 is 0.241 bits per heavy atom. The topological polar surface area (TPSA) is 78.9 Å². The van der Waals surface area contributed by atoms with E-state index in [0.717, 1.165) is 83.5 Å². The molecule has 0 aliphatic heterocycles. The summed E-state index contributed by atoms with van der Waals surface area (Å²) in [5.41, 5.74) is 0. The molecule has 0 aliphatic rings. The van der Waals surface area contributed by atoms with Gasteiger partial charge in [0.15, 0.2) is 6.10 Å². The van der Waals surface area contributed by atoms with E-state index in [4.69, 9.17) is 14.2 Å². The lowest BCUT2D eigenvalue weighted by Gasteiger charge is -2.18. The molecule has 0 amide bonds. The highest BCUT2D eigenvalue weighted by Crippen LogP contribution is 2.17. The van der Waals surface area contributed by atoms with Gasteiger partial charge in [0, 0.05) is 19.3 Å². The molecule has 0 rings (SSSR count). The normalized spacial score (nSPS) is 12.6. The fourth-order valence-corrected chi connectivity index (χ4v) is 10.4. The SMILES string of the molecule is CCCCC/C=C\C/C=C\CCCCCCCCCCCC(=O)OCC(COC(=O)CCCCCCCCCCCC/C=C\C/C=C\C/C=C\CCCCCCC)OC(=O)CCCCCCCCCCC/C=C\C/C=C\CCCCCCC. The third-order valence-corrected chi connectivity index (χ3v) is 15.8. The summed E-state index contributed by atoms with van der Waals surface area (Å²) in [6.07, 6.45) is 94.5. The van der Waals surface area contributed by atoms with Crippen LogP contribution in [0.1, 0.15) is 367 Å². The van der Waals surface area contributed by atoms with E-state index in [2.05, 4.69) is 106 Å². The quantitative estimate of drug-likeness (QED) is 0.0261.